The maximum Gasteiger partial charge on any atom is 0.149 e. The molecule has 0 atom stereocenters. The van der Waals surface area contributed by atoms with Crippen molar-refractivity contribution in [2.24, 2.45) is 12.8 Å². The molecule has 0 aliphatic heterocycles. The second kappa shape index (κ2) is 2.06. The molecule has 0 aliphatic carbocycles. The number of nitrogen functional groups attached to an aromatic ring is 1. The van der Waals surface area contributed by atoms with Gasteiger partial charge in [0.05, 0.1) is 0 Å². The zero-order valence-corrected chi connectivity index (χ0v) is 5.33. The van der Waals surface area contributed by atoms with Gasteiger partial charge in [-0.25, -0.2) is 0 Å². The topological polar surface area (TPSA) is 69.9 Å². The lowest BCUT2D eigenvalue weighted by atomic mass is 10.3. The lowest BCUT2D eigenvalue weighted by molar-refractivity contribution is 0.770. The molecule has 0 saturated carbocycles. The highest BCUT2D eigenvalue weighted by Gasteiger charge is 1.98. The van der Waals surface area contributed by atoms with E-state index >= 15 is 0 Å². The summed E-state index contributed by atoms with van der Waals surface area (Å²) in [6.45, 7) is 0.458. The van der Waals surface area contributed by atoms with Crippen LogP contribution in [0, 0.1) is 0 Å². The van der Waals surface area contributed by atoms with Crippen LogP contribution in [0.3, 0.4) is 0 Å². The van der Waals surface area contributed by atoms with Crippen LogP contribution in [0.25, 0.3) is 0 Å². The van der Waals surface area contributed by atoms with Gasteiger partial charge in [-0.1, -0.05) is 0 Å². The van der Waals surface area contributed by atoms with Crippen molar-refractivity contribution in [3.63, 3.8) is 0 Å². The molecule has 1 aromatic heterocycles. The average Bonchev–Trinajstić information content (AvgIpc) is 2.10. The van der Waals surface area contributed by atoms with Crippen LogP contribution >= 0.6 is 0 Å². The van der Waals surface area contributed by atoms with Gasteiger partial charge in [-0.15, -0.1) is 0 Å². The van der Waals surface area contributed by atoms with Crippen molar-refractivity contribution >= 4 is 5.82 Å². The largest absolute Gasteiger partial charge is 0.382 e. The third kappa shape index (κ3) is 1.02. The fourth-order valence-electron chi connectivity index (χ4n) is 0.712. The fourth-order valence-corrected chi connectivity index (χ4v) is 0.712. The molecule has 1 heterocycles. The van der Waals surface area contributed by atoms with Crippen LogP contribution in [-0.4, -0.2) is 9.78 Å². The van der Waals surface area contributed by atoms with Crippen molar-refractivity contribution in [1.82, 2.24) is 9.78 Å². The lowest BCUT2D eigenvalue weighted by Crippen LogP contribution is -1.98. The van der Waals surface area contributed by atoms with Crippen molar-refractivity contribution < 1.29 is 0 Å². The number of rotatable bonds is 1. The van der Waals surface area contributed by atoms with E-state index in [0.717, 1.165) is 5.56 Å². The van der Waals surface area contributed by atoms with Gasteiger partial charge in [0.25, 0.3) is 0 Å². The van der Waals surface area contributed by atoms with Crippen LogP contribution in [0.15, 0.2) is 6.20 Å². The van der Waals surface area contributed by atoms with Crippen LogP contribution in [0.1, 0.15) is 5.56 Å². The van der Waals surface area contributed by atoms with Crippen LogP contribution in [0.5, 0.6) is 0 Å². The summed E-state index contributed by atoms with van der Waals surface area (Å²) < 4.78 is 1.65. The molecule has 1 rings (SSSR count). The number of hydrogen-bond donors (Lipinski definition) is 2. The minimum Gasteiger partial charge on any atom is -0.382 e. The first-order chi connectivity index (χ1) is 4.24. The van der Waals surface area contributed by atoms with Gasteiger partial charge < -0.3 is 11.5 Å². The highest BCUT2D eigenvalue weighted by molar-refractivity contribution is 5.36. The van der Waals surface area contributed by atoms with E-state index in [1.165, 1.54) is 0 Å². The molecular formula is C5H10N4. The number of nitrogens with two attached hydrogens (primary N) is 2. The van der Waals surface area contributed by atoms with Gasteiger partial charge in [0, 0.05) is 25.4 Å². The molecule has 0 aromatic carbocycles. The summed E-state index contributed by atoms with van der Waals surface area (Å²) in [7, 11) is 1.82. The van der Waals surface area contributed by atoms with Crippen LogP contribution in [-0.2, 0) is 13.6 Å². The highest BCUT2D eigenvalue weighted by Crippen LogP contribution is 2.04. The van der Waals surface area contributed by atoms with E-state index in [1.807, 2.05) is 13.2 Å². The first-order valence-corrected chi connectivity index (χ1v) is 2.72. The molecule has 0 unspecified atom stereocenters. The molecule has 4 nitrogen and oxygen atoms in total. The summed E-state index contributed by atoms with van der Waals surface area (Å²) in [6.07, 6.45) is 1.81. The molecule has 4 N–H and O–H groups in total. The third-order valence-electron chi connectivity index (χ3n) is 1.16. The molecule has 0 aliphatic rings. The maximum absolute atomic E-state index is 5.44. The Bertz CT molecular complexity index is 203. The average molecular weight is 126 g/mol. The van der Waals surface area contributed by atoms with Crippen LogP contribution in [0.2, 0.25) is 0 Å². The van der Waals surface area contributed by atoms with Gasteiger partial charge in [-0.3, -0.25) is 4.68 Å². The summed E-state index contributed by atoms with van der Waals surface area (Å²) in [5.41, 5.74) is 11.7. The Labute approximate surface area is 53.4 Å². The van der Waals surface area contributed by atoms with Gasteiger partial charge in [-0.2, -0.15) is 5.10 Å². The summed E-state index contributed by atoms with van der Waals surface area (Å²) in [5.74, 6) is 0.528. The number of aromatic nitrogens is 2. The fraction of sp³-hybridized carbons (Fsp3) is 0.400. The molecule has 0 radical (unpaired) electrons. The first-order valence-electron chi connectivity index (χ1n) is 2.72. The summed E-state index contributed by atoms with van der Waals surface area (Å²) in [6, 6.07) is 0. The van der Waals surface area contributed by atoms with E-state index in [1.54, 1.807) is 4.68 Å². The van der Waals surface area contributed by atoms with Crippen molar-refractivity contribution in [3.05, 3.63) is 11.8 Å². The molecule has 0 amide bonds. The van der Waals surface area contributed by atoms with Crippen molar-refractivity contribution in [1.29, 1.82) is 0 Å². The summed E-state index contributed by atoms with van der Waals surface area (Å²) in [5, 5.41) is 3.90. The van der Waals surface area contributed by atoms with E-state index < -0.39 is 0 Å². The molecule has 0 bridgehead atoms. The molecule has 4 heteroatoms. The minimum absolute atomic E-state index is 0.458. The Hall–Kier alpha value is -1.03. The second-order valence-electron chi connectivity index (χ2n) is 1.92. The number of nitrogens with zero attached hydrogens (tertiary/aromatic N) is 2. The van der Waals surface area contributed by atoms with E-state index in [9.17, 15) is 0 Å². The van der Waals surface area contributed by atoms with E-state index in [4.69, 9.17) is 11.5 Å². The Morgan fingerprint density at radius 2 is 2.44 bits per heavy atom. The van der Waals surface area contributed by atoms with Crippen molar-refractivity contribution in [2.45, 2.75) is 6.54 Å². The van der Waals surface area contributed by atoms with Crippen molar-refractivity contribution in [2.75, 3.05) is 5.73 Å². The number of anilines is 1. The molecule has 0 saturated heterocycles. The zero-order chi connectivity index (χ0) is 6.85. The summed E-state index contributed by atoms with van der Waals surface area (Å²) >= 11 is 0. The number of aryl methyl sites for hydroxylation is 1. The first kappa shape index (κ1) is 6.10. The molecular weight excluding hydrogens is 116 g/mol. The maximum atomic E-state index is 5.44. The normalized spacial score (nSPS) is 10.0. The van der Waals surface area contributed by atoms with Crippen molar-refractivity contribution in [3.8, 4) is 0 Å². The zero-order valence-electron chi connectivity index (χ0n) is 5.33. The Kier molecular flexibility index (Phi) is 1.40. The van der Waals surface area contributed by atoms with E-state index in [-0.39, 0.29) is 0 Å². The molecule has 1 aromatic rings. The quantitative estimate of drug-likeness (QED) is 0.531. The lowest BCUT2D eigenvalue weighted by Gasteiger charge is -1.85. The van der Waals surface area contributed by atoms with Crippen LogP contribution in [0.4, 0.5) is 5.82 Å². The standard InChI is InChI=1S/C5H10N4/c1-9-3-4(2-6)5(7)8-9/h3H,2,6H2,1H3,(H2,7,8). The number of hydrogen-bond acceptors (Lipinski definition) is 3. The van der Waals surface area contributed by atoms with Gasteiger partial charge in [0.15, 0.2) is 0 Å². The Morgan fingerprint density at radius 1 is 1.78 bits per heavy atom. The van der Waals surface area contributed by atoms with E-state index in [2.05, 4.69) is 5.10 Å². The molecule has 0 fully saturated rings. The third-order valence-corrected chi connectivity index (χ3v) is 1.16. The smallest absolute Gasteiger partial charge is 0.149 e. The minimum atomic E-state index is 0.458. The Morgan fingerprint density at radius 3 is 2.67 bits per heavy atom. The summed E-state index contributed by atoms with van der Waals surface area (Å²) in [4.78, 5) is 0. The van der Waals surface area contributed by atoms with Gasteiger partial charge >= 0.3 is 0 Å². The van der Waals surface area contributed by atoms with Gasteiger partial charge in [0.1, 0.15) is 5.82 Å². The predicted octanol–water partition coefficient (Wildman–Crippen LogP) is -0.539. The van der Waals surface area contributed by atoms with E-state index in [0.29, 0.717) is 12.4 Å². The predicted molar refractivity (Wildman–Crippen MR) is 35.5 cm³/mol. The molecule has 9 heavy (non-hydrogen) atoms. The highest BCUT2D eigenvalue weighted by atomic mass is 15.3. The van der Waals surface area contributed by atoms with Gasteiger partial charge in [-0.05, 0) is 0 Å². The molecule has 0 spiro atoms. The molecule has 50 valence electrons. The Balaban J connectivity index is 3.01. The van der Waals surface area contributed by atoms with Gasteiger partial charge in [0.2, 0.25) is 0 Å². The monoisotopic (exact) mass is 126 g/mol. The second-order valence-corrected chi connectivity index (χ2v) is 1.92. The SMILES string of the molecule is Cn1cc(CN)c(N)n1. The van der Waals surface area contributed by atoms with Crippen LogP contribution < -0.4 is 11.5 Å².